The van der Waals surface area contributed by atoms with E-state index in [4.69, 9.17) is 16.3 Å². The fourth-order valence-corrected chi connectivity index (χ4v) is 7.54. The third-order valence-electron chi connectivity index (χ3n) is 9.95. The highest BCUT2D eigenvalue weighted by Gasteiger charge is 2.36. The normalized spacial score (nSPS) is 18.3. The number of fused-ring (bicyclic) bond motifs is 2. The summed E-state index contributed by atoms with van der Waals surface area (Å²) in [6.07, 6.45) is 3.68. The van der Waals surface area contributed by atoms with E-state index in [1.165, 1.54) is 12.1 Å². The van der Waals surface area contributed by atoms with Gasteiger partial charge in [-0.3, -0.25) is 9.89 Å². The molecular formula is C36H38ClFN6O4. The lowest BCUT2D eigenvalue weighted by molar-refractivity contribution is -0.142. The number of hydrogen-bond donors (Lipinski definition) is 2. The highest BCUT2D eigenvalue weighted by molar-refractivity contribution is 6.35. The number of amides is 4. The van der Waals surface area contributed by atoms with Gasteiger partial charge in [-0.15, -0.1) is 0 Å². The van der Waals surface area contributed by atoms with Crippen LogP contribution >= 0.6 is 11.6 Å². The first-order chi connectivity index (χ1) is 23.3. The van der Waals surface area contributed by atoms with Crippen molar-refractivity contribution in [2.45, 2.75) is 56.6 Å². The number of nitrogens with one attached hydrogen (secondary N) is 2. The van der Waals surface area contributed by atoms with Gasteiger partial charge >= 0.3 is 12.1 Å². The summed E-state index contributed by atoms with van der Waals surface area (Å²) in [4.78, 5) is 46.0. The molecule has 3 aliphatic heterocycles. The number of rotatable bonds is 6. The standard InChI is InChI=1S/C36H38ClFN6O4/c37-30-20-23(19-27-22-39-41-33(27)30)21-32(34(45)42-14-9-25(10-15-42)24-5-7-28(38)8-6-24)48-36(47)43-16-12-29(13-17-43)44-18-11-26-3-1-2-4-31(26)40-35(44)46/h1-8,19-20,22,25,29,32H,9-18,21H2,(H,39,41)(H,40,46)/t32-/m1/s1. The maximum atomic E-state index is 14.0. The summed E-state index contributed by atoms with van der Waals surface area (Å²) in [6.45, 7) is 2.44. The van der Waals surface area contributed by atoms with Crippen LogP contribution in [0.3, 0.4) is 0 Å². The molecule has 0 bridgehead atoms. The summed E-state index contributed by atoms with van der Waals surface area (Å²) in [5, 5.41) is 11.3. The number of H-pyrrole nitrogens is 1. The quantitative estimate of drug-likeness (QED) is 0.248. The summed E-state index contributed by atoms with van der Waals surface area (Å²) >= 11 is 6.51. The van der Waals surface area contributed by atoms with Crippen LogP contribution in [0.1, 0.15) is 48.3 Å². The van der Waals surface area contributed by atoms with Gasteiger partial charge in [0.2, 0.25) is 0 Å². The van der Waals surface area contributed by atoms with Gasteiger partial charge in [0, 0.05) is 56.3 Å². The third-order valence-corrected chi connectivity index (χ3v) is 10.3. The summed E-state index contributed by atoms with van der Waals surface area (Å²) in [6, 6.07) is 17.9. The second kappa shape index (κ2) is 13.8. The number of halogens is 2. The number of hydrogen-bond acceptors (Lipinski definition) is 5. The van der Waals surface area contributed by atoms with Crippen LogP contribution in [0.4, 0.5) is 19.7 Å². The van der Waals surface area contributed by atoms with E-state index >= 15 is 0 Å². The van der Waals surface area contributed by atoms with Crippen LogP contribution in [0.25, 0.3) is 10.9 Å². The van der Waals surface area contributed by atoms with Gasteiger partial charge in [0.25, 0.3) is 5.91 Å². The van der Waals surface area contributed by atoms with Gasteiger partial charge in [-0.1, -0.05) is 41.9 Å². The van der Waals surface area contributed by atoms with Crippen LogP contribution in [-0.4, -0.2) is 87.8 Å². The minimum Gasteiger partial charge on any atom is -0.436 e. The van der Waals surface area contributed by atoms with Crippen LogP contribution < -0.4 is 5.32 Å². The number of urea groups is 1. The van der Waals surface area contributed by atoms with Gasteiger partial charge in [-0.2, -0.15) is 5.10 Å². The van der Waals surface area contributed by atoms with Gasteiger partial charge < -0.3 is 24.8 Å². The molecule has 4 amide bonds. The van der Waals surface area contributed by atoms with Crippen LogP contribution in [0.5, 0.6) is 0 Å². The largest absolute Gasteiger partial charge is 0.436 e. The molecule has 250 valence electrons. The van der Waals surface area contributed by atoms with Crippen molar-refractivity contribution in [1.29, 1.82) is 0 Å². The summed E-state index contributed by atoms with van der Waals surface area (Å²) in [7, 11) is 0. The Morgan fingerprint density at radius 3 is 2.46 bits per heavy atom. The van der Waals surface area contributed by atoms with Crippen molar-refractivity contribution in [3.8, 4) is 0 Å². The molecule has 1 atom stereocenters. The Morgan fingerprint density at radius 1 is 0.958 bits per heavy atom. The second-order valence-electron chi connectivity index (χ2n) is 12.9. The molecule has 3 aliphatic rings. The van der Waals surface area contributed by atoms with Crippen LogP contribution in [0.15, 0.2) is 66.9 Å². The summed E-state index contributed by atoms with van der Waals surface area (Å²) in [5.41, 5.74) is 4.47. The molecule has 0 saturated carbocycles. The number of benzene rings is 3. The number of likely N-dealkylation sites (tertiary alicyclic amines) is 2. The highest BCUT2D eigenvalue weighted by atomic mass is 35.5. The van der Waals surface area contributed by atoms with Crippen molar-refractivity contribution in [1.82, 2.24) is 24.9 Å². The highest BCUT2D eigenvalue weighted by Crippen LogP contribution is 2.30. The predicted molar refractivity (Wildman–Crippen MR) is 180 cm³/mol. The van der Waals surface area contributed by atoms with E-state index in [-0.39, 0.29) is 36.1 Å². The van der Waals surface area contributed by atoms with Crippen molar-refractivity contribution in [2.24, 2.45) is 0 Å². The number of anilines is 1. The Bertz CT molecular complexity index is 1800. The van der Waals surface area contributed by atoms with Crippen LogP contribution in [0, 0.1) is 5.82 Å². The van der Waals surface area contributed by atoms with Crippen molar-refractivity contribution in [3.05, 3.63) is 94.4 Å². The number of aromatic amines is 1. The van der Waals surface area contributed by atoms with E-state index in [0.717, 1.165) is 47.0 Å². The van der Waals surface area contributed by atoms with Crippen molar-refractivity contribution in [3.63, 3.8) is 0 Å². The molecule has 4 aromatic rings. The van der Waals surface area contributed by atoms with E-state index in [1.54, 1.807) is 34.2 Å². The predicted octanol–water partition coefficient (Wildman–Crippen LogP) is 6.36. The average molecular weight is 673 g/mol. The molecule has 48 heavy (non-hydrogen) atoms. The zero-order valence-electron chi connectivity index (χ0n) is 26.5. The molecule has 2 N–H and O–H groups in total. The molecule has 0 spiro atoms. The molecule has 0 aliphatic carbocycles. The van der Waals surface area contributed by atoms with Crippen LogP contribution in [0.2, 0.25) is 5.02 Å². The first-order valence-electron chi connectivity index (χ1n) is 16.6. The molecule has 0 radical (unpaired) electrons. The lowest BCUT2D eigenvalue weighted by Gasteiger charge is -2.38. The minimum absolute atomic E-state index is 0.00739. The first kappa shape index (κ1) is 31.9. The molecule has 2 fully saturated rings. The average Bonchev–Trinajstić information content (AvgIpc) is 3.52. The fourth-order valence-electron chi connectivity index (χ4n) is 7.25. The molecule has 10 nitrogen and oxygen atoms in total. The topological polar surface area (TPSA) is 111 Å². The number of nitrogens with zero attached hydrogens (tertiary/aromatic N) is 4. The molecule has 1 aromatic heterocycles. The summed E-state index contributed by atoms with van der Waals surface area (Å²) in [5.74, 6) is -0.299. The first-order valence-corrected chi connectivity index (χ1v) is 17.0. The molecule has 2 saturated heterocycles. The smallest absolute Gasteiger partial charge is 0.410 e. The lowest BCUT2D eigenvalue weighted by atomic mass is 9.89. The zero-order valence-corrected chi connectivity index (χ0v) is 27.3. The van der Waals surface area contributed by atoms with E-state index in [9.17, 15) is 18.8 Å². The maximum Gasteiger partial charge on any atom is 0.410 e. The van der Waals surface area contributed by atoms with E-state index in [1.807, 2.05) is 35.2 Å². The Kier molecular flexibility index (Phi) is 9.21. The zero-order chi connectivity index (χ0) is 33.2. The molecule has 12 heteroatoms. The van der Waals surface area contributed by atoms with Gasteiger partial charge in [0.15, 0.2) is 6.10 Å². The third kappa shape index (κ3) is 6.82. The SMILES string of the molecule is O=C(O[C@H](Cc1cc(Cl)c2[nH]ncc2c1)C(=O)N1CCC(c2ccc(F)cc2)CC1)N1CCC(N2CCc3ccccc3NC2=O)CC1. The van der Waals surface area contributed by atoms with Gasteiger partial charge in [-0.25, -0.2) is 14.0 Å². The fraction of sp³-hybridized carbons (Fsp3) is 0.389. The van der Waals surface area contributed by atoms with Crippen molar-refractivity contribution >= 4 is 46.2 Å². The number of carbonyl (C=O) groups excluding carboxylic acids is 3. The molecular weight excluding hydrogens is 635 g/mol. The van der Waals surface area contributed by atoms with E-state index < -0.39 is 12.2 Å². The van der Waals surface area contributed by atoms with Gasteiger partial charge in [-0.05, 0) is 85.0 Å². The maximum absolute atomic E-state index is 14.0. The number of carbonyl (C=O) groups is 3. The Labute approximate surface area is 283 Å². The Balaban J connectivity index is 1.01. The lowest BCUT2D eigenvalue weighted by Crippen LogP contribution is -2.51. The Morgan fingerprint density at radius 2 is 1.69 bits per heavy atom. The van der Waals surface area contributed by atoms with E-state index in [0.29, 0.717) is 56.1 Å². The monoisotopic (exact) mass is 672 g/mol. The molecule has 4 heterocycles. The number of para-hydroxylation sites is 1. The molecule has 0 unspecified atom stereocenters. The van der Waals surface area contributed by atoms with Crippen LogP contribution in [-0.2, 0) is 22.4 Å². The number of piperidine rings is 2. The van der Waals surface area contributed by atoms with Gasteiger partial charge in [0.05, 0.1) is 16.7 Å². The Hall–Kier alpha value is -4.64. The molecule has 7 rings (SSSR count). The van der Waals surface area contributed by atoms with E-state index in [2.05, 4.69) is 15.5 Å². The van der Waals surface area contributed by atoms with Gasteiger partial charge in [0.1, 0.15) is 5.82 Å². The minimum atomic E-state index is -1.05. The number of ether oxygens (including phenoxy) is 1. The van der Waals surface area contributed by atoms with Crippen molar-refractivity contribution < 1.29 is 23.5 Å². The number of aromatic nitrogens is 2. The summed E-state index contributed by atoms with van der Waals surface area (Å²) < 4.78 is 19.5. The second-order valence-corrected chi connectivity index (χ2v) is 13.3. The van der Waals surface area contributed by atoms with Crippen molar-refractivity contribution in [2.75, 3.05) is 38.0 Å². The molecule has 3 aromatic carbocycles.